The lowest BCUT2D eigenvalue weighted by Crippen LogP contribution is -2.40. The zero-order chi connectivity index (χ0) is 12.1. The smallest absolute Gasteiger partial charge is 0.0236 e. The van der Waals surface area contributed by atoms with Crippen LogP contribution in [0.25, 0.3) is 0 Å². The number of hydrogen-bond donors (Lipinski definition) is 1. The molecule has 0 bridgehead atoms. The van der Waals surface area contributed by atoms with E-state index in [0.29, 0.717) is 6.04 Å². The molecule has 0 radical (unpaired) electrons. The average molecular weight is 269 g/mol. The Morgan fingerprint density at radius 1 is 1.33 bits per heavy atom. The van der Waals surface area contributed by atoms with Crippen molar-refractivity contribution in [3.8, 4) is 0 Å². The topological polar surface area (TPSA) is 29.3 Å². The van der Waals surface area contributed by atoms with Crippen molar-refractivity contribution in [3.05, 3.63) is 35.4 Å². The van der Waals surface area contributed by atoms with E-state index in [1.165, 1.54) is 36.9 Å². The van der Waals surface area contributed by atoms with Gasteiger partial charge in [-0.2, -0.15) is 0 Å². The van der Waals surface area contributed by atoms with Crippen molar-refractivity contribution in [1.29, 1.82) is 0 Å². The van der Waals surface area contributed by atoms with Crippen LogP contribution in [0.5, 0.6) is 0 Å². The molecule has 2 N–H and O–H groups in total. The molecule has 1 aliphatic heterocycles. The van der Waals surface area contributed by atoms with Gasteiger partial charge in [0.2, 0.25) is 0 Å². The highest BCUT2D eigenvalue weighted by Gasteiger charge is 2.21. The SMILES string of the molecule is Cc1cccc(CN2CCCCC2CCN)c1.Cl. The maximum absolute atomic E-state index is 5.71. The molecule has 0 aromatic heterocycles. The maximum atomic E-state index is 5.71. The summed E-state index contributed by atoms with van der Waals surface area (Å²) < 4.78 is 0. The predicted octanol–water partition coefficient (Wildman–Crippen LogP) is 3.12. The van der Waals surface area contributed by atoms with E-state index in [1.54, 1.807) is 0 Å². The van der Waals surface area contributed by atoms with Gasteiger partial charge in [0.1, 0.15) is 0 Å². The van der Waals surface area contributed by atoms with Crippen molar-refractivity contribution in [2.75, 3.05) is 13.1 Å². The van der Waals surface area contributed by atoms with Crippen LogP contribution in [0.1, 0.15) is 36.8 Å². The number of likely N-dealkylation sites (tertiary alicyclic amines) is 1. The third-order valence-corrected chi connectivity index (χ3v) is 3.72. The molecule has 0 saturated carbocycles. The van der Waals surface area contributed by atoms with Crippen LogP contribution in [0.2, 0.25) is 0 Å². The Balaban J connectivity index is 0.00000162. The van der Waals surface area contributed by atoms with Crippen molar-refractivity contribution in [2.24, 2.45) is 5.73 Å². The van der Waals surface area contributed by atoms with Gasteiger partial charge in [-0.15, -0.1) is 12.4 Å². The summed E-state index contributed by atoms with van der Waals surface area (Å²) in [7, 11) is 0. The monoisotopic (exact) mass is 268 g/mol. The number of aryl methyl sites for hydroxylation is 1. The Morgan fingerprint density at radius 2 is 2.17 bits per heavy atom. The first kappa shape index (κ1) is 15.5. The molecule has 1 unspecified atom stereocenters. The van der Waals surface area contributed by atoms with Gasteiger partial charge in [0.05, 0.1) is 0 Å². The summed E-state index contributed by atoms with van der Waals surface area (Å²) in [4.78, 5) is 2.62. The molecular formula is C15H25ClN2. The minimum atomic E-state index is 0. The van der Waals surface area contributed by atoms with Gasteiger partial charge in [0.15, 0.2) is 0 Å². The molecule has 1 atom stereocenters. The zero-order valence-electron chi connectivity index (χ0n) is 11.3. The van der Waals surface area contributed by atoms with Gasteiger partial charge in [-0.3, -0.25) is 4.90 Å². The van der Waals surface area contributed by atoms with Crippen LogP contribution >= 0.6 is 12.4 Å². The van der Waals surface area contributed by atoms with Gasteiger partial charge >= 0.3 is 0 Å². The second kappa shape index (κ2) is 7.78. The molecule has 1 saturated heterocycles. The molecule has 1 aromatic rings. The fourth-order valence-electron chi connectivity index (χ4n) is 2.83. The summed E-state index contributed by atoms with van der Waals surface area (Å²) in [6.45, 7) is 5.30. The summed E-state index contributed by atoms with van der Waals surface area (Å²) in [5, 5.41) is 0. The molecule has 0 amide bonds. The first-order valence-corrected chi connectivity index (χ1v) is 6.79. The minimum Gasteiger partial charge on any atom is -0.330 e. The van der Waals surface area contributed by atoms with E-state index in [1.807, 2.05) is 0 Å². The Hall–Kier alpha value is -0.570. The summed E-state index contributed by atoms with van der Waals surface area (Å²) in [6.07, 6.45) is 5.18. The molecule has 1 fully saturated rings. The molecule has 1 aromatic carbocycles. The van der Waals surface area contributed by atoms with Gasteiger partial charge < -0.3 is 5.73 Å². The Morgan fingerprint density at radius 3 is 2.89 bits per heavy atom. The second-order valence-electron chi connectivity index (χ2n) is 5.19. The second-order valence-corrected chi connectivity index (χ2v) is 5.19. The van der Waals surface area contributed by atoms with Crippen LogP contribution in [0.15, 0.2) is 24.3 Å². The van der Waals surface area contributed by atoms with E-state index in [9.17, 15) is 0 Å². The molecule has 18 heavy (non-hydrogen) atoms. The summed E-state index contributed by atoms with van der Waals surface area (Å²) in [5.74, 6) is 0. The standard InChI is InChI=1S/C15H24N2.ClH/c1-13-5-4-6-14(11-13)12-17-10-3-2-7-15(17)8-9-16;/h4-6,11,15H,2-3,7-10,12,16H2,1H3;1H. The van der Waals surface area contributed by atoms with Crippen molar-refractivity contribution in [3.63, 3.8) is 0 Å². The van der Waals surface area contributed by atoms with Gasteiger partial charge in [-0.25, -0.2) is 0 Å². The summed E-state index contributed by atoms with van der Waals surface area (Å²) in [6, 6.07) is 9.56. The summed E-state index contributed by atoms with van der Waals surface area (Å²) in [5.41, 5.74) is 8.51. The number of rotatable bonds is 4. The van der Waals surface area contributed by atoms with Gasteiger partial charge in [0, 0.05) is 12.6 Å². The van der Waals surface area contributed by atoms with Crippen molar-refractivity contribution < 1.29 is 0 Å². The zero-order valence-corrected chi connectivity index (χ0v) is 12.1. The van der Waals surface area contributed by atoms with Crippen LogP contribution in [0.4, 0.5) is 0 Å². The normalized spacial score (nSPS) is 20.4. The molecule has 2 rings (SSSR count). The van der Waals surface area contributed by atoms with Crippen molar-refractivity contribution >= 4 is 12.4 Å². The van der Waals surface area contributed by atoms with E-state index in [4.69, 9.17) is 5.73 Å². The largest absolute Gasteiger partial charge is 0.330 e. The number of piperidine rings is 1. The highest BCUT2D eigenvalue weighted by atomic mass is 35.5. The lowest BCUT2D eigenvalue weighted by Gasteiger charge is -2.35. The maximum Gasteiger partial charge on any atom is 0.0236 e. The number of hydrogen-bond acceptors (Lipinski definition) is 2. The van der Waals surface area contributed by atoms with Gasteiger partial charge in [-0.05, 0) is 44.8 Å². The molecular weight excluding hydrogens is 244 g/mol. The van der Waals surface area contributed by atoms with E-state index in [2.05, 4.69) is 36.1 Å². The molecule has 3 heteroatoms. The van der Waals surface area contributed by atoms with E-state index >= 15 is 0 Å². The van der Waals surface area contributed by atoms with Crippen LogP contribution in [-0.2, 0) is 6.54 Å². The fourth-order valence-corrected chi connectivity index (χ4v) is 2.83. The first-order valence-electron chi connectivity index (χ1n) is 6.79. The van der Waals surface area contributed by atoms with Crippen LogP contribution in [-0.4, -0.2) is 24.0 Å². The number of nitrogens with two attached hydrogens (primary N) is 1. The highest BCUT2D eigenvalue weighted by molar-refractivity contribution is 5.85. The van der Waals surface area contributed by atoms with Gasteiger partial charge in [0.25, 0.3) is 0 Å². The van der Waals surface area contributed by atoms with Crippen LogP contribution in [0.3, 0.4) is 0 Å². The fraction of sp³-hybridized carbons (Fsp3) is 0.600. The van der Waals surface area contributed by atoms with Crippen LogP contribution in [0, 0.1) is 6.92 Å². The minimum absolute atomic E-state index is 0. The third-order valence-electron chi connectivity index (χ3n) is 3.72. The van der Waals surface area contributed by atoms with Crippen molar-refractivity contribution in [1.82, 2.24) is 4.90 Å². The molecule has 1 heterocycles. The molecule has 0 aliphatic carbocycles. The highest BCUT2D eigenvalue weighted by Crippen LogP contribution is 2.21. The predicted molar refractivity (Wildman–Crippen MR) is 80.1 cm³/mol. The summed E-state index contributed by atoms with van der Waals surface area (Å²) >= 11 is 0. The van der Waals surface area contributed by atoms with E-state index in [0.717, 1.165) is 19.5 Å². The Bertz CT molecular complexity index is 352. The lowest BCUT2D eigenvalue weighted by atomic mass is 9.98. The Kier molecular flexibility index (Phi) is 6.69. The first-order chi connectivity index (χ1) is 8.29. The molecule has 0 spiro atoms. The number of nitrogens with zero attached hydrogens (tertiary/aromatic N) is 1. The number of benzene rings is 1. The van der Waals surface area contributed by atoms with Crippen molar-refractivity contribution in [2.45, 2.75) is 45.2 Å². The quantitative estimate of drug-likeness (QED) is 0.909. The van der Waals surface area contributed by atoms with E-state index in [-0.39, 0.29) is 12.4 Å². The third kappa shape index (κ3) is 4.27. The number of halogens is 1. The average Bonchev–Trinajstić information content (AvgIpc) is 2.32. The molecule has 2 nitrogen and oxygen atoms in total. The molecule has 1 aliphatic rings. The van der Waals surface area contributed by atoms with E-state index < -0.39 is 0 Å². The lowest BCUT2D eigenvalue weighted by molar-refractivity contribution is 0.134. The van der Waals surface area contributed by atoms with Crippen LogP contribution < -0.4 is 5.73 Å². The van der Waals surface area contributed by atoms with Gasteiger partial charge in [-0.1, -0.05) is 36.2 Å². The molecule has 102 valence electrons. The Labute approximate surface area is 117 Å².